The third kappa shape index (κ3) is 4.00. The van der Waals surface area contributed by atoms with Crippen LogP contribution in [-0.2, 0) is 17.6 Å². The number of hydrogen-bond acceptors (Lipinski definition) is 4. The van der Waals surface area contributed by atoms with Crippen molar-refractivity contribution in [2.24, 2.45) is 0 Å². The summed E-state index contributed by atoms with van der Waals surface area (Å²) >= 11 is 0. The topological polar surface area (TPSA) is 47.0 Å². The van der Waals surface area contributed by atoms with Gasteiger partial charge in [0.2, 0.25) is 0 Å². The molecule has 1 aliphatic rings. The molecule has 1 aromatic heterocycles. The Morgan fingerprint density at radius 1 is 1.45 bits per heavy atom. The molecule has 112 valence electrons. The van der Waals surface area contributed by atoms with E-state index in [-0.39, 0.29) is 6.10 Å². The maximum absolute atomic E-state index is 5.30. The third-order valence-corrected chi connectivity index (χ3v) is 3.99. The number of methoxy groups -OCH3 is 1. The van der Waals surface area contributed by atoms with E-state index in [9.17, 15) is 0 Å². The van der Waals surface area contributed by atoms with Gasteiger partial charge in [0.25, 0.3) is 0 Å². The summed E-state index contributed by atoms with van der Waals surface area (Å²) in [6.45, 7) is 5.32. The summed E-state index contributed by atoms with van der Waals surface area (Å²) in [7, 11) is 1.73. The first-order valence-electron chi connectivity index (χ1n) is 7.85. The average Bonchev–Trinajstić information content (AvgIpc) is 2.66. The first kappa shape index (κ1) is 15.4. The Morgan fingerprint density at radius 3 is 3.05 bits per heavy atom. The van der Waals surface area contributed by atoms with Gasteiger partial charge in [0, 0.05) is 37.0 Å². The first-order valence-corrected chi connectivity index (χ1v) is 7.85. The van der Waals surface area contributed by atoms with Gasteiger partial charge in [0.1, 0.15) is 5.82 Å². The fourth-order valence-corrected chi connectivity index (χ4v) is 2.72. The van der Waals surface area contributed by atoms with E-state index in [0.717, 1.165) is 31.6 Å². The number of nitrogens with zero attached hydrogens (tertiary/aromatic N) is 2. The zero-order chi connectivity index (χ0) is 14.4. The quantitative estimate of drug-likeness (QED) is 0.812. The van der Waals surface area contributed by atoms with E-state index >= 15 is 0 Å². The smallest absolute Gasteiger partial charge is 0.131 e. The van der Waals surface area contributed by atoms with E-state index in [0.29, 0.717) is 6.04 Å². The zero-order valence-corrected chi connectivity index (χ0v) is 13.0. The van der Waals surface area contributed by atoms with Crippen molar-refractivity contribution in [3.05, 3.63) is 23.3 Å². The van der Waals surface area contributed by atoms with Crippen molar-refractivity contribution < 1.29 is 4.74 Å². The van der Waals surface area contributed by atoms with E-state index < -0.39 is 0 Å². The van der Waals surface area contributed by atoms with Gasteiger partial charge in [-0.15, -0.1) is 0 Å². The lowest BCUT2D eigenvalue weighted by Gasteiger charge is -2.19. The standard InChI is InChI=1S/C16H27N3O/c1-4-9-17-14-7-5-6-8-15-13(14)11-18-16(19-15)10-12(2)20-3/h11-12,14,17H,4-10H2,1-3H3. The Kier molecular flexibility index (Phi) is 5.92. The predicted molar refractivity (Wildman–Crippen MR) is 80.8 cm³/mol. The minimum atomic E-state index is 0.174. The number of aromatic nitrogens is 2. The molecule has 0 aromatic carbocycles. The van der Waals surface area contributed by atoms with Gasteiger partial charge in [-0.25, -0.2) is 9.97 Å². The van der Waals surface area contributed by atoms with Gasteiger partial charge in [-0.2, -0.15) is 0 Å². The summed E-state index contributed by atoms with van der Waals surface area (Å²) in [6, 6.07) is 0.432. The highest BCUT2D eigenvalue weighted by Gasteiger charge is 2.20. The second-order valence-electron chi connectivity index (χ2n) is 5.69. The summed E-state index contributed by atoms with van der Waals surface area (Å²) in [6.07, 6.45) is 8.94. The molecule has 1 aliphatic carbocycles. The van der Waals surface area contributed by atoms with Crippen LogP contribution in [0.5, 0.6) is 0 Å². The molecule has 0 fully saturated rings. The molecule has 0 spiro atoms. The molecule has 0 radical (unpaired) electrons. The van der Waals surface area contributed by atoms with Crippen LogP contribution in [0.3, 0.4) is 0 Å². The molecule has 2 rings (SSSR count). The molecular weight excluding hydrogens is 250 g/mol. The molecule has 0 amide bonds. The molecule has 1 N–H and O–H groups in total. The summed E-state index contributed by atoms with van der Waals surface area (Å²) in [5.41, 5.74) is 2.55. The largest absolute Gasteiger partial charge is 0.381 e. The Balaban J connectivity index is 2.16. The molecular formula is C16H27N3O. The second-order valence-corrected chi connectivity index (χ2v) is 5.69. The van der Waals surface area contributed by atoms with Crippen LogP contribution in [-0.4, -0.2) is 29.7 Å². The minimum Gasteiger partial charge on any atom is -0.381 e. The lowest BCUT2D eigenvalue weighted by molar-refractivity contribution is 0.117. The molecule has 1 aromatic rings. The molecule has 1 heterocycles. The Hall–Kier alpha value is -1.00. The van der Waals surface area contributed by atoms with Crippen molar-refractivity contribution in [3.63, 3.8) is 0 Å². The molecule has 2 atom stereocenters. The van der Waals surface area contributed by atoms with E-state index in [4.69, 9.17) is 9.72 Å². The highest BCUT2D eigenvalue weighted by atomic mass is 16.5. The van der Waals surface area contributed by atoms with Gasteiger partial charge in [-0.05, 0) is 39.2 Å². The number of hydrogen-bond donors (Lipinski definition) is 1. The second kappa shape index (κ2) is 7.70. The highest BCUT2D eigenvalue weighted by Crippen LogP contribution is 2.27. The normalized spacial score (nSPS) is 20.2. The van der Waals surface area contributed by atoms with Gasteiger partial charge in [0.15, 0.2) is 0 Å². The number of fused-ring (bicyclic) bond motifs is 1. The van der Waals surface area contributed by atoms with Crippen LogP contribution in [0.15, 0.2) is 6.20 Å². The fourth-order valence-electron chi connectivity index (χ4n) is 2.72. The van der Waals surface area contributed by atoms with Crippen LogP contribution in [0.25, 0.3) is 0 Å². The predicted octanol–water partition coefficient (Wildman–Crippen LogP) is 2.82. The van der Waals surface area contributed by atoms with E-state index in [2.05, 4.69) is 24.1 Å². The molecule has 0 bridgehead atoms. The van der Waals surface area contributed by atoms with E-state index in [1.807, 2.05) is 6.20 Å². The summed E-state index contributed by atoms with van der Waals surface area (Å²) < 4.78 is 5.30. The zero-order valence-electron chi connectivity index (χ0n) is 13.0. The summed E-state index contributed by atoms with van der Waals surface area (Å²) in [4.78, 5) is 9.34. The van der Waals surface area contributed by atoms with Crippen molar-refractivity contribution in [1.29, 1.82) is 0 Å². The minimum absolute atomic E-state index is 0.174. The number of rotatable bonds is 6. The van der Waals surface area contributed by atoms with Crippen LogP contribution in [0, 0.1) is 0 Å². The monoisotopic (exact) mass is 277 g/mol. The van der Waals surface area contributed by atoms with Crippen molar-refractivity contribution in [3.8, 4) is 0 Å². The highest BCUT2D eigenvalue weighted by molar-refractivity contribution is 5.23. The van der Waals surface area contributed by atoms with E-state index in [1.165, 1.54) is 30.5 Å². The fraction of sp³-hybridized carbons (Fsp3) is 0.750. The van der Waals surface area contributed by atoms with Crippen LogP contribution < -0.4 is 5.32 Å². The maximum Gasteiger partial charge on any atom is 0.131 e. The third-order valence-electron chi connectivity index (χ3n) is 3.99. The average molecular weight is 277 g/mol. The molecule has 4 nitrogen and oxygen atoms in total. The van der Waals surface area contributed by atoms with Crippen molar-refractivity contribution >= 4 is 0 Å². The Morgan fingerprint density at radius 2 is 2.30 bits per heavy atom. The molecule has 0 aliphatic heterocycles. The molecule has 20 heavy (non-hydrogen) atoms. The lowest BCUT2D eigenvalue weighted by atomic mass is 10.0. The Bertz CT molecular complexity index is 422. The molecule has 0 saturated carbocycles. The number of ether oxygens (including phenoxy) is 1. The number of aryl methyl sites for hydroxylation is 1. The molecule has 2 unspecified atom stereocenters. The number of nitrogens with one attached hydrogen (secondary N) is 1. The van der Waals surface area contributed by atoms with Gasteiger partial charge in [-0.3, -0.25) is 0 Å². The lowest BCUT2D eigenvalue weighted by Crippen LogP contribution is -2.23. The van der Waals surface area contributed by atoms with Crippen molar-refractivity contribution in [2.75, 3.05) is 13.7 Å². The van der Waals surface area contributed by atoms with E-state index in [1.54, 1.807) is 7.11 Å². The summed E-state index contributed by atoms with van der Waals surface area (Å²) in [5, 5.41) is 3.63. The van der Waals surface area contributed by atoms with Gasteiger partial charge >= 0.3 is 0 Å². The summed E-state index contributed by atoms with van der Waals surface area (Å²) in [5.74, 6) is 0.911. The van der Waals surface area contributed by atoms with Gasteiger partial charge in [-0.1, -0.05) is 13.3 Å². The van der Waals surface area contributed by atoms with Gasteiger partial charge < -0.3 is 10.1 Å². The molecule has 0 saturated heterocycles. The van der Waals surface area contributed by atoms with Crippen molar-refractivity contribution in [2.45, 2.75) is 64.5 Å². The maximum atomic E-state index is 5.30. The first-order chi connectivity index (χ1) is 9.74. The van der Waals surface area contributed by atoms with Gasteiger partial charge in [0.05, 0.1) is 6.10 Å². The van der Waals surface area contributed by atoms with Crippen LogP contribution in [0.1, 0.15) is 62.7 Å². The Labute approximate surface area is 122 Å². The van der Waals surface area contributed by atoms with Crippen LogP contribution >= 0.6 is 0 Å². The SMILES string of the molecule is CCCNC1CCCCc2nc(CC(C)OC)ncc21. The van der Waals surface area contributed by atoms with Crippen LogP contribution in [0.2, 0.25) is 0 Å². The molecule has 4 heteroatoms. The van der Waals surface area contributed by atoms with Crippen LogP contribution in [0.4, 0.5) is 0 Å². The van der Waals surface area contributed by atoms with Crippen molar-refractivity contribution in [1.82, 2.24) is 15.3 Å².